The summed E-state index contributed by atoms with van der Waals surface area (Å²) in [6.07, 6.45) is 0.827. The number of benzene rings is 1. The highest BCUT2D eigenvalue weighted by atomic mass is 16.6. The molecular weight excluding hydrogens is 264 g/mol. The number of anilines is 1. The molecule has 1 amide bonds. The highest BCUT2D eigenvalue weighted by Gasteiger charge is 2.26. The van der Waals surface area contributed by atoms with Gasteiger partial charge in [-0.2, -0.15) is 0 Å². The quantitative estimate of drug-likeness (QED) is 0.838. The number of nitrogens with zero attached hydrogens (tertiary/aromatic N) is 2. The van der Waals surface area contributed by atoms with Crippen molar-refractivity contribution in [3.63, 3.8) is 0 Å². The first-order valence-electron chi connectivity index (χ1n) is 7.71. The number of para-hydroxylation sites is 1. The molecule has 4 nitrogen and oxygen atoms in total. The van der Waals surface area contributed by atoms with Crippen LogP contribution in [0.5, 0.6) is 0 Å². The smallest absolute Gasteiger partial charge is 0.410 e. The van der Waals surface area contributed by atoms with Crippen LogP contribution in [0.4, 0.5) is 10.5 Å². The zero-order chi connectivity index (χ0) is 15.5. The summed E-state index contributed by atoms with van der Waals surface area (Å²) in [6, 6.07) is 8.51. The van der Waals surface area contributed by atoms with E-state index in [0.717, 1.165) is 19.5 Å². The molecule has 4 heteroatoms. The van der Waals surface area contributed by atoms with Gasteiger partial charge in [0.2, 0.25) is 0 Å². The predicted octanol–water partition coefficient (Wildman–Crippen LogP) is 3.31. The Morgan fingerprint density at radius 1 is 1.14 bits per heavy atom. The van der Waals surface area contributed by atoms with E-state index in [-0.39, 0.29) is 6.09 Å². The summed E-state index contributed by atoms with van der Waals surface area (Å²) in [5.41, 5.74) is 2.23. The first-order chi connectivity index (χ1) is 9.90. The second kappa shape index (κ2) is 6.37. The summed E-state index contributed by atoms with van der Waals surface area (Å²) in [4.78, 5) is 16.2. The molecule has 0 saturated carbocycles. The maximum atomic E-state index is 12.1. The molecule has 2 rings (SSSR count). The lowest BCUT2D eigenvalue weighted by atomic mass is 10.1. The zero-order valence-corrected chi connectivity index (χ0v) is 13.6. The van der Waals surface area contributed by atoms with E-state index in [2.05, 4.69) is 36.1 Å². The molecule has 0 radical (unpaired) electrons. The van der Waals surface area contributed by atoms with E-state index in [1.165, 1.54) is 11.3 Å². The lowest BCUT2D eigenvalue weighted by Crippen LogP contribution is -2.50. The first-order valence-corrected chi connectivity index (χ1v) is 7.71. The molecule has 0 unspecified atom stereocenters. The van der Waals surface area contributed by atoms with E-state index in [1.54, 1.807) is 4.90 Å². The number of ether oxygens (including phenoxy) is 1. The zero-order valence-electron chi connectivity index (χ0n) is 13.6. The van der Waals surface area contributed by atoms with Crippen LogP contribution in [0.3, 0.4) is 0 Å². The Hall–Kier alpha value is -1.71. The number of carbonyl (C=O) groups excluding carboxylic acids is 1. The van der Waals surface area contributed by atoms with Gasteiger partial charge in [0, 0.05) is 31.9 Å². The average Bonchev–Trinajstić information content (AvgIpc) is 2.45. The third-order valence-electron chi connectivity index (χ3n) is 3.64. The van der Waals surface area contributed by atoms with Crippen LogP contribution in [0.15, 0.2) is 24.3 Å². The molecule has 1 fully saturated rings. The fourth-order valence-corrected chi connectivity index (χ4v) is 2.57. The fourth-order valence-electron chi connectivity index (χ4n) is 2.57. The normalized spacial score (nSPS) is 16.0. The standard InChI is InChI=1S/C17H26N2O2/c1-5-14-8-6-7-9-15(14)18-10-12-19(13-11-18)16(20)21-17(2,3)4/h6-9H,5,10-13H2,1-4H3. The molecule has 1 aromatic carbocycles. The highest BCUT2D eigenvalue weighted by Crippen LogP contribution is 2.22. The first kappa shape index (κ1) is 15.7. The second-order valence-corrected chi connectivity index (χ2v) is 6.44. The van der Waals surface area contributed by atoms with Gasteiger partial charge in [-0.05, 0) is 38.8 Å². The Morgan fingerprint density at radius 3 is 2.33 bits per heavy atom. The molecule has 0 bridgehead atoms. The van der Waals surface area contributed by atoms with Crippen molar-refractivity contribution in [1.82, 2.24) is 4.90 Å². The molecule has 1 saturated heterocycles. The molecule has 1 aliphatic heterocycles. The minimum atomic E-state index is -0.428. The molecule has 1 aromatic rings. The maximum absolute atomic E-state index is 12.1. The van der Waals surface area contributed by atoms with Crippen molar-refractivity contribution in [1.29, 1.82) is 0 Å². The summed E-state index contributed by atoms with van der Waals surface area (Å²) < 4.78 is 5.43. The van der Waals surface area contributed by atoms with E-state index < -0.39 is 5.60 Å². The monoisotopic (exact) mass is 290 g/mol. The lowest BCUT2D eigenvalue weighted by molar-refractivity contribution is 0.0240. The lowest BCUT2D eigenvalue weighted by Gasteiger charge is -2.37. The van der Waals surface area contributed by atoms with Crippen molar-refractivity contribution in [2.45, 2.75) is 39.7 Å². The Bertz CT molecular complexity index is 486. The van der Waals surface area contributed by atoms with Gasteiger partial charge in [0.1, 0.15) is 5.60 Å². The highest BCUT2D eigenvalue weighted by molar-refractivity contribution is 5.68. The largest absolute Gasteiger partial charge is 0.444 e. The number of carbonyl (C=O) groups is 1. The second-order valence-electron chi connectivity index (χ2n) is 6.44. The Labute approximate surface area is 127 Å². The molecule has 1 aliphatic rings. The van der Waals surface area contributed by atoms with Gasteiger partial charge in [-0.15, -0.1) is 0 Å². The number of hydrogen-bond donors (Lipinski definition) is 0. The van der Waals surface area contributed by atoms with Crippen molar-refractivity contribution < 1.29 is 9.53 Å². The van der Waals surface area contributed by atoms with Crippen molar-refractivity contribution in [3.05, 3.63) is 29.8 Å². The summed E-state index contributed by atoms with van der Waals surface area (Å²) in [6.45, 7) is 11.0. The van der Waals surface area contributed by atoms with Crippen LogP contribution in [-0.2, 0) is 11.2 Å². The minimum Gasteiger partial charge on any atom is -0.444 e. The summed E-state index contributed by atoms with van der Waals surface area (Å²) in [5, 5.41) is 0. The van der Waals surface area contributed by atoms with E-state index in [9.17, 15) is 4.79 Å². The average molecular weight is 290 g/mol. The number of hydrogen-bond acceptors (Lipinski definition) is 3. The van der Waals surface area contributed by atoms with Gasteiger partial charge in [0.25, 0.3) is 0 Å². The summed E-state index contributed by atoms with van der Waals surface area (Å²) in [7, 11) is 0. The van der Waals surface area contributed by atoms with Crippen molar-refractivity contribution >= 4 is 11.8 Å². The Balaban J connectivity index is 1.96. The molecule has 21 heavy (non-hydrogen) atoms. The van der Waals surface area contributed by atoms with Crippen LogP contribution >= 0.6 is 0 Å². The SMILES string of the molecule is CCc1ccccc1N1CCN(C(=O)OC(C)(C)C)CC1. The predicted molar refractivity (Wildman–Crippen MR) is 85.8 cm³/mol. The Morgan fingerprint density at radius 2 is 1.76 bits per heavy atom. The van der Waals surface area contributed by atoms with E-state index in [1.807, 2.05) is 20.8 Å². The van der Waals surface area contributed by atoms with Crippen LogP contribution < -0.4 is 4.90 Å². The van der Waals surface area contributed by atoms with Gasteiger partial charge in [-0.25, -0.2) is 4.79 Å². The van der Waals surface area contributed by atoms with Gasteiger partial charge >= 0.3 is 6.09 Å². The van der Waals surface area contributed by atoms with Gasteiger partial charge in [-0.3, -0.25) is 0 Å². The van der Waals surface area contributed by atoms with Crippen LogP contribution in [0.25, 0.3) is 0 Å². The van der Waals surface area contributed by atoms with Crippen LogP contribution in [0.2, 0.25) is 0 Å². The van der Waals surface area contributed by atoms with E-state index >= 15 is 0 Å². The van der Waals surface area contributed by atoms with Crippen LogP contribution in [0, 0.1) is 0 Å². The maximum Gasteiger partial charge on any atom is 0.410 e. The molecule has 1 heterocycles. The summed E-state index contributed by atoms with van der Waals surface area (Å²) >= 11 is 0. The molecular formula is C17H26N2O2. The van der Waals surface area contributed by atoms with Gasteiger partial charge in [0.15, 0.2) is 0 Å². The third kappa shape index (κ3) is 4.13. The van der Waals surface area contributed by atoms with Gasteiger partial charge < -0.3 is 14.5 Å². The molecule has 0 spiro atoms. The molecule has 0 aliphatic carbocycles. The molecule has 0 atom stereocenters. The Kier molecular flexibility index (Phi) is 4.76. The van der Waals surface area contributed by atoms with Gasteiger partial charge in [-0.1, -0.05) is 25.1 Å². The van der Waals surface area contributed by atoms with Crippen molar-refractivity contribution in [2.75, 3.05) is 31.1 Å². The van der Waals surface area contributed by atoms with E-state index in [0.29, 0.717) is 13.1 Å². The third-order valence-corrected chi connectivity index (χ3v) is 3.64. The molecule has 0 aromatic heterocycles. The number of piperazine rings is 1. The number of amides is 1. The number of rotatable bonds is 2. The van der Waals surface area contributed by atoms with Crippen molar-refractivity contribution in [3.8, 4) is 0 Å². The topological polar surface area (TPSA) is 32.8 Å². The minimum absolute atomic E-state index is 0.203. The van der Waals surface area contributed by atoms with Crippen molar-refractivity contribution in [2.24, 2.45) is 0 Å². The molecule has 116 valence electrons. The van der Waals surface area contributed by atoms with Crippen LogP contribution in [-0.4, -0.2) is 42.8 Å². The fraction of sp³-hybridized carbons (Fsp3) is 0.588. The van der Waals surface area contributed by atoms with Gasteiger partial charge in [0.05, 0.1) is 0 Å². The molecule has 0 N–H and O–H groups in total. The van der Waals surface area contributed by atoms with Crippen LogP contribution in [0.1, 0.15) is 33.3 Å². The van der Waals surface area contributed by atoms with E-state index in [4.69, 9.17) is 4.74 Å². The number of aryl methyl sites for hydroxylation is 1. The summed E-state index contributed by atoms with van der Waals surface area (Å²) in [5.74, 6) is 0.